The molecule has 1 spiro atoms. The molecular weight excluding hydrogens is 278 g/mol. The fourth-order valence-electron chi connectivity index (χ4n) is 3.46. The summed E-state index contributed by atoms with van der Waals surface area (Å²) in [5.74, 6) is -0.0321. The molecule has 1 N–H and O–H groups in total. The second kappa shape index (κ2) is 4.94. The van der Waals surface area contributed by atoms with Crippen LogP contribution in [0.2, 0.25) is 0 Å². The first-order valence-corrected chi connectivity index (χ1v) is 7.63. The van der Waals surface area contributed by atoms with Crippen molar-refractivity contribution in [3.63, 3.8) is 0 Å². The third kappa shape index (κ3) is 1.88. The molecule has 0 bridgehead atoms. The average molecular weight is 295 g/mol. The van der Waals surface area contributed by atoms with E-state index in [9.17, 15) is 10.1 Å². The van der Waals surface area contributed by atoms with Crippen molar-refractivity contribution in [2.75, 3.05) is 26.2 Å². The number of fused-ring (bicyclic) bond motifs is 2. The van der Waals surface area contributed by atoms with Crippen molar-refractivity contribution in [3.05, 3.63) is 46.5 Å². The van der Waals surface area contributed by atoms with Crippen molar-refractivity contribution in [1.82, 2.24) is 10.2 Å². The van der Waals surface area contributed by atoms with Crippen molar-refractivity contribution >= 4 is 5.91 Å². The first kappa shape index (κ1) is 13.5. The Morgan fingerprint density at radius 1 is 1.36 bits per heavy atom. The third-order valence-electron chi connectivity index (χ3n) is 4.76. The summed E-state index contributed by atoms with van der Waals surface area (Å²) in [6.45, 7) is 2.66. The van der Waals surface area contributed by atoms with Gasteiger partial charge in [-0.2, -0.15) is 5.26 Å². The molecule has 3 aliphatic heterocycles. The van der Waals surface area contributed by atoms with Crippen molar-refractivity contribution in [1.29, 1.82) is 5.26 Å². The monoisotopic (exact) mass is 295 g/mol. The number of hydrogen-bond acceptors (Lipinski definition) is 4. The average Bonchev–Trinajstić information content (AvgIpc) is 3.33. The topological polar surface area (TPSA) is 68.7 Å². The van der Waals surface area contributed by atoms with Gasteiger partial charge in [-0.3, -0.25) is 9.69 Å². The lowest BCUT2D eigenvalue weighted by Crippen LogP contribution is -2.37. The number of rotatable bonds is 2. The summed E-state index contributed by atoms with van der Waals surface area (Å²) >= 11 is 0. The number of piperidine rings is 1. The highest BCUT2D eigenvalue weighted by Gasteiger charge is 2.60. The Hall–Kier alpha value is -2.16. The number of nitrogens with zero attached hydrogens (tertiary/aromatic N) is 2. The lowest BCUT2D eigenvalue weighted by molar-refractivity contribution is 0.0561. The Balaban J connectivity index is 1.67. The number of hydrogen-bond donors (Lipinski definition) is 1. The van der Waals surface area contributed by atoms with Crippen LogP contribution in [0.3, 0.4) is 0 Å². The second-order valence-electron chi connectivity index (χ2n) is 5.95. The number of ether oxygens (including phenoxy) is 1. The quantitative estimate of drug-likeness (QED) is 0.663. The van der Waals surface area contributed by atoms with Gasteiger partial charge in [0.1, 0.15) is 6.61 Å². The molecule has 0 saturated carbocycles. The van der Waals surface area contributed by atoms with Crippen LogP contribution >= 0.6 is 0 Å². The van der Waals surface area contributed by atoms with Gasteiger partial charge in [-0.25, -0.2) is 0 Å². The number of benzene rings is 1. The highest BCUT2D eigenvalue weighted by molar-refractivity contribution is 6.00. The third-order valence-corrected chi connectivity index (χ3v) is 4.76. The van der Waals surface area contributed by atoms with Crippen LogP contribution in [0.15, 0.2) is 35.4 Å². The standard InChI is InChI=1S/C17H17N3O2/c18-9-13(12-5-7-19-8-6-12)10-20-16(21)14-3-1-2-4-15(14)17(20)11-22-17/h1-4,19H,5-8,10-11H2. The van der Waals surface area contributed by atoms with Crippen molar-refractivity contribution < 1.29 is 9.53 Å². The lowest BCUT2D eigenvalue weighted by atomic mass is 9.99. The van der Waals surface area contributed by atoms with Gasteiger partial charge in [-0.15, -0.1) is 0 Å². The predicted molar refractivity (Wildman–Crippen MR) is 79.9 cm³/mol. The van der Waals surface area contributed by atoms with Crippen LogP contribution in [0.25, 0.3) is 0 Å². The minimum atomic E-state index is -0.622. The summed E-state index contributed by atoms with van der Waals surface area (Å²) in [6, 6.07) is 9.89. The largest absolute Gasteiger partial charge is 0.343 e. The molecule has 5 nitrogen and oxygen atoms in total. The number of epoxide rings is 1. The minimum Gasteiger partial charge on any atom is -0.343 e. The lowest BCUT2D eigenvalue weighted by Gasteiger charge is -2.24. The van der Waals surface area contributed by atoms with Crippen LogP contribution in [-0.4, -0.2) is 37.0 Å². The van der Waals surface area contributed by atoms with Gasteiger partial charge in [0.05, 0.1) is 12.6 Å². The molecular formula is C17H17N3O2. The van der Waals surface area contributed by atoms with Crippen LogP contribution in [-0.2, 0) is 10.5 Å². The van der Waals surface area contributed by atoms with Crippen molar-refractivity contribution in [2.45, 2.75) is 18.6 Å². The Morgan fingerprint density at radius 2 is 2.09 bits per heavy atom. The van der Waals surface area contributed by atoms with E-state index in [-0.39, 0.29) is 5.91 Å². The van der Waals surface area contributed by atoms with E-state index >= 15 is 0 Å². The smallest absolute Gasteiger partial charge is 0.257 e. The van der Waals surface area contributed by atoms with E-state index in [0.717, 1.165) is 37.1 Å². The van der Waals surface area contributed by atoms with Gasteiger partial charge in [0, 0.05) is 16.7 Å². The summed E-state index contributed by atoms with van der Waals surface area (Å²) in [6.07, 6.45) is 1.76. The van der Waals surface area contributed by atoms with Gasteiger partial charge >= 0.3 is 0 Å². The van der Waals surface area contributed by atoms with E-state index in [1.54, 1.807) is 4.90 Å². The van der Waals surface area contributed by atoms with E-state index in [2.05, 4.69) is 11.4 Å². The van der Waals surface area contributed by atoms with Crippen molar-refractivity contribution in [2.24, 2.45) is 0 Å². The van der Waals surface area contributed by atoms with Gasteiger partial charge in [0.2, 0.25) is 0 Å². The number of carbonyl (C=O) groups excluding carboxylic acids is 1. The molecule has 5 heteroatoms. The summed E-state index contributed by atoms with van der Waals surface area (Å²) in [5, 5.41) is 12.8. The second-order valence-corrected chi connectivity index (χ2v) is 5.95. The molecule has 1 aromatic carbocycles. The Morgan fingerprint density at radius 3 is 2.77 bits per heavy atom. The van der Waals surface area contributed by atoms with Gasteiger partial charge in [0.15, 0.2) is 5.72 Å². The molecule has 0 aromatic heterocycles. The maximum atomic E-state index is 12.7. The van der Waals surface area contributed by atoms with Gasteiger partial charge in [0.25, 0.3) is 5.91 Å². The van der Waals surface area contributed by atoms with Gasteiger partial charge in [-0.1, -0.05) is 23.8 Å². The molecule has 3 aliphatic rings. The first-order valence-electron chi connectivity index (χ1n) is 7.63. The molecule has 0 radical (unpaired) electrons. The Kier molecular flexibility index (Phi) is 3.03. The zero-order valence-electron chi connectivity index (χ0n) is 12.3. The summed E-state index contributed by atoms with van der Waals surface area (Å²) in [5.41, 5.74) is 2.90. The number of nitriles is 1. The maximum absolute atomic E-state index is 12.7. The zero-order valence-corrected chi connectivity index (χ0v) is 12.3. The fraction of sp³-hybridized carbons (Fsp3) is 0.412. The number of carbonyl (C=O) groups is 1. The fourth-order valence-corrected chi connectivity index (χ4v) is 3.46. The summed E-state index contributed by atoms with van der Waals surface area (Å²) in [4.78, 5) is 14.4. The Bertz CT molecular complexity index is 705. The van der Waals surface area contributed by atoms with Crippen LogP contribution in [0.4, 0.5) is 0 Å². The molecule has 1 unspecified atom stereocenters. The molecule has 0 aliphatic carbocycles. The molecule has 2 saturated heterocycles. The zero-order chi connectivity index (χ0) is 15.2. The highest BCUT2D eigenvalue weighted by Crippen LogP contribution is 2.49. The molecule has 3 heterocycles. The molecule has 1 atom stereocenters. The minimum absolute atomic E-state index is 0.0321. The highest BCUT2D eigenvalue weighted by atomic mass is 16.6. The Labute approximate surface area is 129 Å². The van der Waals surface area contributed by atoms with Gasteiger partial charge < -0.3 is 10.1 Å². The molecule has 1 aromatic rings. The molecule has 22 heavy (non-hydrogen) atoms. The van der Waals surface area contributed by atoms with Crippen molar-refractivity contribution in [3.8, 4) is 6.07 Å². The van der Waals surface area contributed by atoms with E-state index in [4.69, 9.17) is 4.74 Å². The van der Waals surface area contributed by atoms with E-state index in [0.29, 0.717) is 18.7 Å². The summed E-state index contributed by atoms with van der Waals surface area (Å²) in [7, 11) is 0. The summed E-state index contributed by atoms with van der Waals surface area (Å²) < 4.78 is 5.66. The predicted octanol–water partition coefficient (Wildman–Crippen LogP) is 1.53. The van der Waals surface area contributed by atoms with Crippen LogP contribution in [0.1, 0.15) is 28.8 Å². The van der Waals surface area contributed by atoms with Crippen LogP contribution in [0.5, 0.6) is 0 Å². The molecule has 2 fully saturated rings. The SMILES string of the molecule is N#CC(CN1C(=O)c2ccccc2C12CO2)=C1CCNCC1. The van der Waals surface area contributed by atoms with Gasteiger partial charge in [-0.05, 0) is 32.0 Å². The van der Waals surface area contributed by atoms with E-state index in [1.807, 2.05) is 24.3 Å². The molecule has 112 valence electrons. The number of amides is 1. The first-order chi connectivity index (χ1) is 10.8. The molecule has 1 amide bonds. The van der Waals surface area contributed by atoms with Crippen LogP contribution < -0.4 is 5.32 Å². The van der Waals surface area contributed by atoms with E-state index < -0.39 is 5.72 Å². The van der Waals surface area contributed by atoms with E-state index in [1.165, 1.54) is 5.57 Å². The normalized spacial score (nSPS) is 26.0. The molecule has 4 rings (SSSR count). The number of nitrogens with one attached hydrogen (secondary N) is 1. The van der Waals surface area contributed by atoms with Crippen LogP contribution in [0, 0.1) is 11.3 Å². The maximum Gasteiger partial charge on any atom is 0.257 e.